The molecule has 7 nitrogen and oxygen atoms in total. The fraction of sp³-hybridized carbons (Fsp3) is 0.111. The molecule has 0 saturated carbocycles. The van der Waals surface area contributed by atoms with Crippen molar-refractivity contribution in [3.63, 3.8) is 0 Å². The van der Waals surface area contributed by atoms with Gasteiger partial charge in [-0.05, 0) is 31.2 Å². The van der Waals surface area contributed by atoms with Gasteiger partial charge in [0.2, 0.25) is 5.95 Å². The number of aryl methyl sites for hydroxylation is 1. The van der Waals surface area contributed by atoms with Gasteiger partial charge in [0.25, 0.3) is 5.91 Å². The average Bonchev–Trinajstić information content (AvgIpc) is 2.65. The van der Waals surface area contributed by atoms with Gasteiger partial charge in [-0.15, -0.1) is 0 Å². The number of aromatic nitrogens is 3. The third kappa shape index (κ3) is 4.36. The summed E-state index contributed by atoms with van der Waals surface area (Å²) < 4.78 is 13.2. The van der Waals surface area contributed by atoms with E-state index in [1.165, 1.54) is 31.5 Å². The van der Waals surface area contributed by atoms with Crippen molar-refractivity contribution < 1.29 is 14.0 Å². The van der Waals surface area contributed by atoms with E-state index in [2.05, 4.69) is 30.6 Å². The molecule has 0 spiro atoms. The summed E-state index contributed by atoms with van der Waals surface area (Å²) in [5.41, 5.74) is 5.23. The van der Waals surface area contributed by atoms with Crippen LogP contribution in [0.25, 0.3) is 11.1 Å². The van der Waals surface area contributed by atoms with E-state index in [1.54, 1.807) is 18.5 Å². The van der Waals surface area contributed by atoms with Crippen molar-refractivity contribution in [3.8, 4) is 11.1 Å². The number of hydrogen-bond acceptors (Lipinski definition) is 6. The van der Waals surface area contributed by atoms with E-state index in [0.717, 1.165) is 5.56 Å². The van der Waals surface area contributed by atoms with Gasteiger partial charge in [-0.2, -0.15) is 0 Å². The van der Waals surface area contributed by atoms with Crippen molar-refractivity contribution in [2.45, 2.75) is 6.92 Å². The molecule has 0 atom stereocenters. The maximum Gasteiger partial charge on any atom is 0.276 e. The van der Waals surface area contributed by atoms with Crippen molar-refractivity contribution in [1.82, 2.24) is 20.4 Å². The van der Waals surface area contributed by atoms with Gasteiger partial charge in [0.15, 0.2) is 0 Å². The molecule has 0 unspecified atom stereocenters. The number of rotatable bonds is 5. The maximum absolute atomic E-state index is 13.2. The minimum atomic E-state index is -0.500. The molecule has 0 aliphatic rings. The van der Waals surface area contributed by atoms with Crippen LogP contribution >= 0.6 is 11.6 Å². The van der Waals surface area contributed by atoms with Crippen LogP contribution in [0.3, 0.4) is 0 Å². The molecule has 0 saturated heterocycles. The third-order valence-electron chi connectivity index (χ3n) is 3.66. The van der Waals surface area contributed by atoms with E-state index in [1.807, 2.05) is 6.92 Å². The minimum Gasteiger partial charge on any atom is -0.324 e. The first-order chi connectivity index (χ1) is 13.0. The number of amides is 1. The summed E-state index contributed by atoms with van der Waals surface area (Å²) in [6.45, 7) is 1.81. The highest BCUT2D eigenvalue weighted by Gasteiger charge is 2.11. The molecule has 0 fully saturated rings. The molecule has 3 aromatic rings. The SMILES string of the molecule is CONC(=O)c1cncc(-c2cnc(Nc3ccc(F)c(Cl)c3)nc2C)c1. The number of nitrogens with zero attached hydrogens (tertiary/aromatic N) is 3. The average molecular weight is 388 g/mol. The Balaban J connectivity index is 1.85. The first-order valence-corrected chi connectivity index (χ1v) is 8.20. The summed E-state index contributed by atoms with van der Waals surface area (Å²) >= 11 is 5.78. The number of carbonyl (C=O) groups is 1. The number of benzene rings is 1. The molecule has 2 N–H and O–H groups in total. The Morgan fingerprint density at radius 1 is 1.22 bits per heavy atom. The molecule has 2 aromatic heterocycles. The third-order valence-corrected chi connectivity index (χ3v) is 3.95. The number of halogens is 2. The lowest BCUT2D eigenvalue weighted by molar-refractivity contribution is 0.0537. The van der Waals surface area contributed by atoms with Gasteiger partial charge in [-0.1, -0.05) is 11.6 Å². The summed E-state index contributed by atoms with van der Waals surface area (Å²) in [4.78, 5) is 29.2. The van der Waals surface area contributed by atoms with Gasteiger partial charge < -0.3 is 5.32 Å². The Labute approximate surface area is 159 Å². The van der Waals surface area contributed by atoms with Gasteiger partial charge in [0.05, 0.1) is 23.4 Å². The van der Waals surface area contributed by atoms with E-state index in [4.69, 9.17) is 11.6 Å². The smallest absolute Gasteiger partial charge is 0.276 e. The zero-order chi connectivity index (χ0) is 19.4. The summed E-state index contributed by atoms with van der Waals surface area (Å²) in [5, 5.41) is 2.97. The predicted octanol–water partition coefficient (Wildman–Crippen LogP) is 3.67. The zero-order valence-corrected chi connectivity index (χ0v) is 15.2. The van der Waals surface area contributed by atoms with Crippen LogP contribution in [-0.4, -0.2) is 28.0 Å². The van der Waals surface area contributed by atoms with Crippen molar-refractivity contribution in [2.24, 2.45) is 0 Å². The van der Waals surface area contributed by atoms with Crippen LogP contribution < -0.4 is 10.8 Å². The molecule has 138 valence electrons. The summed E-state index contributed by atoms with van der Waals surface area (Å²) in [6.07, 6.45) is 4.66. The minimum absolute atomic E-state index is 0.00515. The highest BCUT2D eigenvalue weighted by atomic mass is 35.5. The Hall–Kier alpha value is -3.10. The van der Waals surface area contributed by atoms with Crippen LogP contribution in [0.5, 0.6) is 0 Å². The number of pyridine rings is 1. The Bertz CT molecular complexity index is 999. The van der Waals surface area contributed by atoms with Crippen LogP contribution in [0.4, 0.5) is 16.0 Å². The van der Waals surface area contributed by atoms with E-state index in [0.29, 0.717) is 28.5 Å². The largest absolute Gasteiger partial charge is 0.324 e. The van der Waals surface area contributed by atoms with Crippen molar-refractivity contribution in [1.29, 1.82) is 0 Å². The van der Waals surface area contributed by atoms with Crippen LogP contribution in [-0.2, 0) is 4.84 Å². The van der Waals surface area contributed by atoms with Gasteiger partial charge in [0, 0.05) is 35.4 Å². The second-order valence-electron chi connectivity index (χ2n) is 5.54. The number of nitrogens with one attached hydrogen (secondary N) is 2. The van der Waals surface area contributed by atoms with Crippen molar-refractivity contribution >= 4 is 29.1 Å². The first kappa shape index (κ1) is 18.7. The molecule has 2 heterocycles. The molecule has 0 aliphatic heterocycles. The molecule has 1 amide bonds. The standard InChI is InChI=1S/C18H15ClFN5O2/c1-10-14(11-5-12(8-21-7-11)17(26)25-27-2)9-22-18(23-10)24-13-3-4-16(20)15(19)6-13/h3-9H,1-2H3,(H,25,26)(H,22,23,24). The highest BCUT2D eigenvalue weighted by molar-refractivity contribution is 6.31. The molecule has 0 bridgehead atoms. The topological polar surface area (TPSA) is 89.0 Å². The monoisotopic (exact) mass is 387 g/mol. The van der Waals surface area contributed by atoms with Crippen LogP contribution in [0.1, 0.15) is 16.1 Å². The fourth-order valence-electron chi connectivity index (χ4n) is 2.38. The molecule has 1 aromatic carbocycles. The maximum atomic E-state index is 13.2. The van der Waals surface area contributed by atoms with Gasteiger partial charge >= 0.3 is 0 Å². The van der Waals surface area contributed by atoms with Gasteiger partial charge in [-0.25, -0.2) is 19.8 Å². The van der Waals surface area contributed by atoms with Crippen LogP contribution in [0.2, 0.25) is 5.02 Å². The van der Waals surface area contributed by atoms with E-state index in [-0.39, 0.29) is 5.02 Å². The molecular weight excluding hydrogens is 373 g/mol. The summed E-state index contributed by atoms with van der Waals surface area (Å²) in [7, 11) is 1.35. The number of hydrogen-bond donors (Lipinski definition) is 2. The predicted molar refractivity (Wildman–Crippen MR) is 99.2 cm³/mol. The molecule has 3 rings (SSSR count). The van der Waals surface area contributed by atoms with Crippen molar-refractivity contribution in [3.05, 3.63) is 65.0 Å². The molecular formula is C18H15ClFN5O2. The van der Waals surface area contributed by atoms with E-state index in [9.17, 15) is 9.18 Å². The number of hydroxylamine groups is 1. The van der Waals surface area contributed by atoms with E-state index >= 15 is 0 Å². The first-order valence-electron chi connectivity index (χ1n) is 7.82. The quantitative estimate of drug-likeness (QED) is 0.649. The molecule has 0 radical (unpaired) electrons. The van der Waals surface area contributed by atoms with Crippen LogP contribution in [0, 0.1) is 12.7 Å². The van der Waals surface area contributed by atoms with Gasteiger partial charge in [0.1, 0.15) is 5.82 Å². The Kier molecular flexibility index (Phi) is 5.58. The zero-order valence-electron chi connectivity index (χ0n) is 14.5. The Morgan fingerprint density at radius 2 is 2.04 bits per heavy atom. The summed E-state index contributed by atoms with van der Waals surface area (Å²) in [6, 6.07) is 5.91. The second-order valence-corrected chi connectivity index (χ2v) is 5.95. The van der Waals surface area contributed by atoms with Gasteiger partial charge in [-0.3, -0.25) is 14.6 Å². The highest BCUT2D eigenvalue weighted by Crippen LogP contribution is 2.25. The number of anilines is 2. The lowest BCUT2D eigenvalue weighted by Crippen LogP contribution is -2.21. The lowest BCUT2D eigenvalue weighted by Gasteiger charge is -2.10. The Morgan fingerprint density at radius 3 is 2.74 bits per heavy atom. The normalized spacial score (nSPS) is 10.5. The lowest BCUT2D eigenvalue weighted by atomic mass is 10.1. The van der Waals surface area contributed by atoms with E-state index < -0.39 is 11.7 Å². The molecule has 9 heteroatoms. The second kappa shape index (κ2) is 8.07. The molecule has 0 aliphatic carbocycles. The number of carbonyl (C=O) groups excluding carboxylic acids is 1. The summed E-state index contributed by atoms with van der Waals surface area (Å²) in [5.74, 6) is -0.573. The molecule has 27 heavy (non-hydrogen) atoms. The fourth-order valence-corrected chi connectivity index (χ4v) is 2.56. The van der Waals surface area contributed by atoms with Crippen molar-refractivity contribution in [2.75, 3.05) is 12.4 Å². The van der Waals surface area contributed by atoms with Crippen LogP contribution in [0.15, 0.2) is 42.9 Å².